The highest BCUT2D eigenvalue weighted by atomic mass is 16.3. The first-order valence-electron chi connectivity index (χ1n) is 5.53. The van der Waals surface area contributed by atoms with Gasteiger partial charge in [-0.15, -0.1) is 0 Å². The van der Waals surface area contributed by atoms with E-state index in [-0.39, 0.29) is 6.61 Å². The minimum absolute atomic E-state index is 0.189. The molecule has 0 aromatic carbocycles. The average molecular weight is 199 g/mol. The van der Waals surface area contributed by atoms with Crippen LogP contribution in [0.25, 0.3) is 0 Å². The first-order chi connectivity index (χ1) is 6.52. The fraction of sp³-hybridized carbons (Fsp3) is 0.833. The Kier molecular flexibility index (Phi) is 6.64. The Morgan fingerprint density at radius 2 is 1.93 bits per heavy atom. The van der Waals surface area contributed by atoms with Gasteiger partial charge in [-0.3, -0.25) is 0 Å². The molecule has 0 saturated heterocycles. The van der Waals surface area contributed by atoms with Crippen molar-refractivity contribution in [3.05, 3.63) is 11.3 Å². The maximum absolute atomic E-state index is 9.14. The van der Waals surface area contributed by atoms with Gasteiger partial charge < -0.3 is 10.0 Å². The molecule has 0 bridgehead atoms. The molecule has 0 atom stereocenters. The van der Waals surface area contributed by atoms with Crippen molar-refractivity contribution in [2.75, 3.05) is 20.2 Å². The molecule has 2 heteroatoms. The van der Waals surface area contributed by atoms with Gasteiger partial charge in [0.05, 0.1) is 6.61 Å². The number of hydrogen-bond donors (Lipinski definition) is 1. The summed E-state index contributed by atoms with van der Waals surface area (Å²) in [4.78, 5) is 2.25. The summed E-state index contributed by atoms with van der Waals surface area (Å²) in [6.45, 7) is 9.92. The number of aliphatic hydroxyl groups excluding tert-OH is 1. The zero-order chi connectivity index (χ0) is 11.1. The maximum atomic E-state index is 9.14. The van der Waals surface area contributed by atoms with E-state index in [1.807, 2.05) is 0 Å². The van der Waals surface area contributed by atoms with Crippen LogP contribution >= 0.6 is 0 Å². The summed E-state index contributed by atoms with van der Waals surface area (Å²) in [5.41, 5.74) is 2.38. The maximum Gasteiger partial charge on any atom is 0.0661 e. The molecule has 1 N–H and O–H groups in total. The van der Waals surface area contributed by atoms with Crippen molar-refractivity contribution in [2.45, 2.75) is 40.5 Å². The molecule has 0 heterocycles. The lowest BCUT2D eigenvalue weighted by Crippen LogP contribution is -2.20. The SMILES string of the molecule is CC/C(CO)=C(\C)N(C)CCC(C)C. The van der Waals surface area contributed by atoms with Gasteiger partial charge in [0.15, 0.2) is 0 Å². The molecule has 0 aliphatic carbocycles. The standard InChI is InChI=1S/C12H25NO/c1-6-12(9-14)11(4)13(5)8-7-10(2)3/h10,14H,6-9H2,1-5H3/b12-11-. The Hall–Kier alpha value is -0.500. The van der Waals surface area contributed by atoms with Crippen molar-refractivity contribution in [2.24, 2.45) is 5.92 Å². The van der Waals surface area contributed by atoms with Crippen molar-refractivity contribution in [3.63, 3.8) is 0 Å². The van der Waals surface area contributed by atoms with Gasteiger partial charge in [-0.1, -0.05) is 20.8 Å². The van der Waals surface area contributed by atoms with Gasteiger partial charge in [0.2, 0.25) is 0 Å². The number of aliphatic hydroxyl groups is 1. The van der Waals surface area contributed by atoms with Gasteiger partial charge >= 0.3 is 0 Å². The fourth-order valence-corrected chi connectivity index (χ4v) is 1.37. The van der Waals surface area contributed by atoms with Gasteiger partial charge in [0.1, 0.15) is 0 Å². The lowest BCUT2D eigenvalue weighted by molar-refractivity contribution is 0.312. The van der Waals surface area contributed by atoms with E-state index in [1.165, 1.54) is 12.1 Å². The van der Waals surface area contributed by atoms with Gasteiger partial charge in [0.25, 0.3) is 0 Å². The van der Waals surface area contributed by atoms with Crippen LogP contribution in [0.4, 0.5) is 0 Å². The quantitative estimate of drug-likeness (QED) is 0.711. The van der Waals surface area contributed by atoms with Crippen LogP contribution in [0.5, 0.6) is 0 Å². The molecule has 0 rings (SSSR count). The zero-order valence-electron chi connectivity index (χ0n) is 10.3. The molecule has 84 valence electrons. The van der Waals surface area contributed by atoms with Crippen molar-refractivity contribution in [3.8, 4) is 0 Å². The van der Waals surface area contributed by atoms with Crippen LogP contribution in [0.15, 0.2) is 11.3 Å². The summed E-state index contributed by atoms with van der Waals surface area (Å²) in [7, 11) is 2.10. The van der Waals surface area contributed by atoms with Gasteiger partial charge in [-0.2, -0.15) is 0 Å². The predicted octanol–water partition coefficient (Wildman–Crippen LogP) is 2.64. The summed E-state index contributed by atoms with van der Waals surface area (Å²) >= 11 is 0. The summed E-state index contributed by atoms with van der Waals surface area (Å²) in [5, 5.41) is 9.14. The van der Waals surface area contributed by atoms with Crippen molar-refractivity contribution in [1.29, 1.82) is 0 Å². The van der Waals surface area contributed by atoms with Crippen LogP contribution in [0, 0.1) is 5.92 Å². The lowest BCUT2D eigenvalue weighted by atomic mass is 10.1. The van der Waals surface area contributed by atoms with Crippen molar-refractivity contribution < 1.29 is 5.11 Å². The van der Waals surface area contributed by atoms with E-state index in [0.29, 0.717) is 0 Å². The molecule has 0 fully saturated rings. The third-order valence-corrected chi connectivity index (χ3v) is 2.74. The summed E-state index contributed by atoms with van der Waals surface area (Å²) in [6.07, 6.45) is 2.14. The van der Waals surface area contributed by atoms with Gasteiger partial charge in [-0.05, 0) is 31.3 Å². The average Bonchev–Trinajstić information content (AvgIpc) is 2.15. The van der Waals surface area contributed by atoms with Crippen LogP contribution in [0.3, 0.4) is 0 Å². The van der Waals surface area contributed by atoms with Gasteiger partial charge in [0, 0.05) is 19.3 Å². The van der Waals surface area contributed by atoms with Crippen molar-refractivity contribution in [1.82, 2.24) is 4.90 Å². The highest BCUT2D eigenvalue weighted by Crippen LogP contribution is 2.12. The minimum atomic E-state index is 0.189. The van der Waals surface area contributed by atoms with E-state index in [9.17, 15) is 0 Å². The molecule has 0 unspecified atom stereocenters. The van der Waals surface area contributed by atoms with Crippen LogP contribution in [-0.4, -0.2) is 30.2 Å². The van der Waals surface area contributed by atoms with E-state index in [4.69, 9.17) is 5.11 Å². The second kappa shape index (κ2) is 6.88. The Bertz CT molecular complexity index is 179. The van der Waals surface area contributed by atoms with E-state index in [0.717, 1.165) is 24.5 Å². The minimum Gasteiger partial charge on any atom is -0.392 e. The third kappa shape index (κ3) is 4.66. The molecule has 14 heavy (non-hydrogen) atoms. The van der Waals surface area contributed by atoms with E-state index in [2.05, 4.69) is 39.6 Å². The highest BCUT2D eigenvalue weighted by molar-refractivity contribution is 5.10. The van der Waals surface area contributed by atoms with Crippen LogP contribution in [-0.2, 0) is 0 Å². The normalized spacial score (nSPS) is 13.1. The highest BCUT2D eigenvalue weighted by Gasteiger charge is 2.05. The fourth-order valence-electron chi connectivity index (χ4n) is 1.37. The Morgan fingerprint density at radius 1 is 1.36 bits per heavy atom. The molecule has 0 amide bonds. The largest absolute Gasteiger partial charge is 0.392 e. The summed E-state index contributed by atoms with van der Waals surface area (Å²) in [5.74, 6) is 0.740. The monoisotopic (exact) mass is 199 g/mol. The number of allylic oxidation sites excluding steroid dienone is 1. The lowest BCUT2D eigenvalue weighted by Gasteiger charge is -2.23. The first-order valence-corrected chi connectivity index (χ1v) is 5.53. The number of hydrogen-bond acceptors (Lipinski definition) is 2. The Labute approximate surface area is 88.6 Å². The van der Waals surface area contributed by atoms with Crippen LogP contribution in [0.1, 0.15) is 40.5 Å². The second-order valence-electron chi connectivity index (χ2n) is 4.30. The van der Waals surface area contributed by atoms with Gasteiger partial charge in [-0.25, -0.2) is 0 Å². The Balaban J connectivity index is 4.21. The zero-order valence-corrected chi connectivity index (χ0v) is 10.3. The molecule has 0 spiro atoms. The predicted molar refractivity (Wildman–Crippen MR) is 62.2 cm³/mol. The smallest absolute Gasteiger partial charge is 0.0661 e. The molecule has 0 radical (unpaired) electrons. The second-order valence-corrected chi connectivity index (χ2v) is 4.30. The van der Waals surface area contributed by atoms with Crippen LogP contribution < -0.4 is 0 Å². The molecule has 0 saturated carbocycles. The molecule has 2 nitrogen and oxygen atoms in total. The first kappa shape index (κ1) is 13.5. The molecular weight excluding hydrogens is 174 g/mol. The van der Waals surface area contributed by atoms with E-state index in [1.54, 1.807) is 0 Å². The Morgan fingerprint density at radius 3 is 2.29 bits per heavy atom. The number of rotatable bonds is 6. The molecule has 0 aromatic heterocycles. The van der Waals surface area contributed by atoms with Crippen LogP contribution in [0.2, 0.25) is 0 Å². The topological polar surface area (TPSA) is 23.5 Å². The summed E-state index contributed by atoms with van der Waals surface area (Å²) in [6, 6.07) is 0. The molecule has 0 aromatic rings. The van der Waals surface area contributed by atoms with Crippen molar-refractivity contribution >= 4 is 0 Å². The molecule has 0 aliphatic rings. The summed E-state index contributed by atoms with van der Waals surface area (Å²) < 4.78 is 0. The van der Waals surface area contributed by atoms with E-state index >= 15 is 0 Å². The van der Waals surface area contributed by atoms with E-state index < -0.39 is 0 Å². The third-order valence-electron chi connectivity index (χ3n) is 2.74. The number of nitrogens with zero attached hydrogens (tertiary/aromatic N) is 1. The molecular formula is C12H25NO. The molecule has 0 aliphatic heterocycles.